The second kappa shape index (κ2) is 6.66. The predicted molar refractivity (Wildman–Crippen MR) is 95.9 cm³/mol. The fourth-order valence-electron chi connectivity index (χ4n) is 2.27. The molecule has 1 aliphatic rings. The van der Waals surface area contributed by atoms with Crippen molar-refractivity contribution in [2.75, 3.05) is 5.01 Å². The Balaban J connectivity index is 1.99. The van der Waals surface area contributed by atoms with Gasteiger partial charge in [0.25, 0.3) is 17.5 Å². The molecule has 1 fully saturated rings. The van der Waals surface area contributed by atoms with Crippen molar-refractivity contribution < 1.29 is 14.5 Å². The van der Waals surface area contributed by atoms with E-state index in [1.807, 2.05) is 0 Å². The number of carbonyl (C=O) groups excluding carboxylic acids is 2. The van der Waals surface area contributed by atoms with Crippen molar-refractivity contribution in [3.05, 3.63) is 73.2 Å². The van der Waals surface area contributed by atoms with E-state index in [0.29, 0.717) is 5.69 Å². The van der Waals surface area contributed by atoms with E-state index < -0.39 is 16.7 Å². The monoisotopic (exact) mass is 421 g/mol. The van der Waals surface area contributed by atoms with Gasteiger partial charge in [-0.3, -0.25) is 25.1 Å². The van der Waals surface area contributed by atoms with Gasteiger partial charge in [-0.2, -0.15) is 0 Å². The molecule has 0 spiro atoms. The molecular weight excluding hydrogens is 414 g/mol. The van der Waals surface area contributed by atoms with Crippen molar-refractivity contribution in [1.29, 1.82) is 0 Å². The third-order valence-corrected chi connectivity index (χ3v) is 4.29. The second-order valence-electron chi connectivity index (χ2n) is 5.08. The maximum absolute atomic E-state index is 12.5. The van der Waals surface area contributed by atoms with Crippen molar-refractivity contribution in [2.24, 2.45) is 0 Å². The third kappa shape index (κ3) is 3.40. The first-order chi connectivity index (χ1) is 11.9. The lowest BCUT2D eigenvalue weighted by atomic mass is 10.1. The highest BCUT2D eigenvalue weighted by molar-refractivity contribution is 9.10. The zero-order valence-corrected chi connectivity index (χ0v) is 14.7. The fourth-order valence-corrected chi connectivity index (χ4v) is 2.82. The standard InChI is InChI=1S/C16H9BrClN3O4/c17-10-2-1-3-11(8-10)20-16(23)13(15(22)19-20)7-9-6-12(21(24)25)4-5-14(9)18/h1-8H,(H,19,22)/b13-7-. The number of amides is 2. The first-order valence-electron chi connectivity index (χ1n) is 6.93. The van der Waals surface area contributed by atoms with E-state index in [1.165, 1.54) is 24.3 Å². The van der Waals surface area contributed by atoms with Crippen molar-refractivity contribution in [3.63, 3.8) is 0 Å². The van der Waals surface area contributed by atoms with E-state index in [-0.39, 0.29) is 21.8 Å². The number of rotatable bonds is 3. The normalized spacial score (nSPS) is 15.6. The molecule has 7 nitrogen and oxygen atoms in total. The van der Waals surface area contributed by atoms with Gasteiger partial charge in [-0.25, -0.2) is 5.01 Å². The number of nitro groups is 1. The van der Waals surface area contributed by atoms with Crippen LogP contribution in [0.25, 0.3) is 6.08 Å². The summed E-state index contributed by atoms with van der Waals surface area (Å²) < 4.78 is 0.742. The van der Waals surface area contributed by atoms with Crippen molar-refractivity contribution >= 4 is 56.8 Å². The quantitative estimate of drug-likeness (QED) is 0.355. The van der Waals surface area contributed by atoms with Crippen LogP contribution in [0, 0.1) is 10.1 Å². The van der Waals surface area contributed by atoms with E-state index in [9.17, 15) is 19.7 Å². The largest absolute Gasteiger partial charge is 0.282 e. The van der Waals surface area contributed by atoms with Crippen molar-refractivity contribution in [3.8, 4) is 0 Å². The maximum Gasteiger partial charge on any atom is 0.282 e. The summed E-state index contributed by atoms with van der Waals surface area (Å²) in [6, 6.07) is 10.6. The summed E-state index contributed by atoms with van der Waals surface area (Å²) >= 11 is 9.32. The number of hydrogen-bond acceptors (Lipinski definition) is 4. The number of anilines is 1. The van der Waals surface area contributed by atoms with Crippen LogP contribution < -0.4 is 10.4 Å². The van der Waals surface area contributed by atoms with Crippen LogP contribution in [0.1, 0.15) is 5.56 Å². The molecule has 3 rings (SSSR count). The Hall–Kier alpha value is -2.71. The topological polar surface area (TPSA) is 92.6 Å². The lowest BCUT2D eigenvalue weighted by Gasteiger charge is -2.14. The molecular formula is C16H9BrClN3O4. The van der Waals surface area contributed by atoms with Gasteiger partial charge in [0.05, 0.1) is 10.6 Å². The van der Waals surface area contributed by atoms with E-state index in [4.69, 9.17) is 11.6 Å². The van der Waals surface area contributed by atoms with E-state index in [1.54, 1.807) is 24.3 Å². The molecule has 1 heterocycles. The molecule has 2 aromatic carbocycles. The maximum atomic E-state index is 12.5. The summed E-state index contributed by atoms with van der Waals surface area (Å²) in [5, 5.41) is 12.2. The number of hydrogen-bond donors (Lipinski definition) is 1. The molecule has 1 N–H and O–H groups in total. The molecule has 2 aromatic rings. The predicted octanol–water partition coefficient (Wildman–Crippen LogP) is 3.47. The molecule has 9 heteroatoms. The number of halogens is 2. The number of nitro benzene ring substituents is 1. The fraction of sp³-hybridized carbons (Fsp3) is 0. The molecule has 1 aliphatic heterocycles. The van der Waals surface area contributed by atoms with Crippen molar-refractivity contribution in [2.45, 2.75) is 0 Å². The minimum Gasteiger partial charge on any atom is -0.267 e. The molecule has 0 aliphatic carbocycles. The Labute approximate surface area is 155 Å². The summed E-state index contributed by atoms with van der Waals surface area (Å²) in [7, 11) is 0. The first-order valence-corrected chi connectivity index (χ1v) is 8.10. The summed E-state index contributed by atoms with van der Waals surface area (Å²) in [6.45, 7) is 0. The molecule has 2 amide bonds. The highest BCUT2D eigenvalue weighted by atomic mass is 79.9. The molecule has 0 bridgehead atoms. The van der Waals surface area contributed by atoms with Crippen LogP contribution >= 0.6 is 27.5 Å². The summed E-state index contributed by atoms with van der Waals surface area (Å²) in [6.07, 6.45) is 1.24. The highest BCUT2D eigenvalue weighted by Gasteiger charge is 2.34. The van der Waals surface area contributed by atoms with Gasteiger partial charge in [-0.15, -0.1) is 0 Å². The summed E-state index contributed by atoms with van der Waals surface area (Å²) in [5.74, 6) is -1.20. The van der Waals surface area contributed by atoms with Crippen LogP contribution in [-0.2, 0) is 9.59 Å². The zero-order valence-electron chi connectivity index (χ0n) is 12.4. The average Bonchev–Trinajstić information content (AvgIpc) is 2.84. The lowest BCUT2D eigenvalue weighted by Crippen LogP contribution is -2.35. The van der Waals surface area contributed by atoms with Gasteiger partial charge in [-0.05, 0) is 30.3 Å². The van der Waals surface area contributed by atoms with Gasteiger partial charge in [0, 0.05) is 27.2 Å². The molecule has 126 valence electrons. The van der Waals surface area contributed by atoms with Crippen LogP contribution in [0.2, 0.25) is 5.02 Å². The molecule has 0 saturated carbocycles. The Morgan fingerprint density at radius 1 is 1.20 bits per heavy atom. The van der Waals surface area contributed by atoms with Crippen LogP contribution in [0.5, 0.6) is 0 Å². The zero-order chi connectivity index (χ0) is 18.1. The van der Waals surface area contributed by atoms with Gasteiger partial charge >= 0.3 is 0 Å². The highest BCUT2D eigenvalue weighted by Crippen LogP contribution is 2.28. The van der Waals surface area contributed by atoms with Gasteiger partial charge in [0.1, 0.15) is 5.57 Å². The minimum absolute atomic E-state index is 0.164. The Morgan fingerprint density at radius 2 is 1.96 bits per heavy atom. The smallest absolute Gasteiger partial charge is 0.267 e. The Morgan fingerprint density at radius 3 is 2.64 bits per heavy atom. The van der Waals surface area contributed by atoms with Gasteiger partial charge < -0.3 is 0 Å². The molecule has 0 aromatic heterocycles. The summed E-state index contributed by atoms with van der Waals surface area (Å²) in [4.78, 5) is 35.0. The van der Waals surface area contributed by atoms with E-state index in [2.05, 4.69) is 21.4 Å². The number of nitrogens with zero attached hydrogens (tertiary/aromatic N) is 2. The summed E-state index contributed by atoms with van der Waals surface area (Å²) in [5.41, 5.74) is 2.79. The van der Waals surface area contributed by atoms with Gasteiger partial charge in [-0.1, -0.05) is 33.6 Å². The van der Waals surface area contributed by atoms with Crippen LogP contribution in [-0.4, -0.2) is 16.7 Å². The molecule has 0 radical (unpaired) electrons. The van der Waals surface area contributed by atoms with Crippen LogP contribution in [0.4, 0.5) is 11.4 Å². The third-order valence-electron chi connectivity index (χ3n) is 3.45. The number of benzene rings is 2. The van der Waals surface area contributed by atoms with E-state index in [0.717, 1.165) is 9.48 Å². The molecule has 0 unspecified atom stereocenters. The van der Waals surface area contributed by atoms with E-state index >= 15 is 0 Å². The SMILES string of the molecule is O=C1NN(c2cccc(Br)c2)C(=O)/C1=C\c1cc([N+](=O)[O-])ccc1Cl. The van der Waals surface area contributed by atoms with Crippen molar-refractivity contribution in [1.82, 2.24) is 5.43 Å². The minimum atomic E-state index is -0.618. The molecule has 0 atom stereocenters. The molecule has 25 heavy (non-hydrogen) atoms. The Kier molecular flexibility index (Phi) is 4.56. The van der Waals surface area contributed by atoms with Crippen LogP contribution in [0.3, 0.4) is 0 Å². The lowest BCUT2D eigenvalue weighted by molar-refractivity contribution is -0.384. The van der Waals surface area contributed by atoms with Gasteiger partial charge in [0.15, 0.2) is 0 Å². The van der Waals surface area contributed by atoms with Gasteiger partial charge in [0.2, 0.25) is 0 Å². The Bertz CT molecular complexity index is 945. The number of hydrazine groups is 1. The second-order valence-corrected chi connectivity index (χ2v) is 6.41. The van der Waals surface area contributed by atoms with Crippen LogP contribution in [0.15, 0.2) is 52.5 Å². The first kappa shape index (κ1) is 17.1. The number of carbonyl (C=O) groups is 2. The number of nitrogens with one attached hydrogen (secondary N) is 1. The number of non-ortho nitro benzene ring substituents is 1. The molecule has 1 saturated heterocycles. The average molecular weight is 423 g/mol.